The monoisotopic (exact) mass is 246 g/mol. The summed E-state index contributed by atoms with van der Waals surface area (Å²) in [7, 11) is -2.89. The highest BCUT2D eigenvalue weighted by Crippen LogP contribution is 2.19. The molecule has 5 nitrogen and oxygen atoms in total. The first-order valence-corrected chi connectivity index (χ1v) is 7.52. The molecule has 2 rings (SSSR count). The van der Waals surface area contributed by atoms with E-state index in [1.165, 1.54) is 0 Å². The maximum atomic E-state index is 12.0. The smallest absolute Gasteiger partial charge is 0.225 e. The van der Waals surface area contributed by atoms with Gasteiger partial charge in [-0.05, 0) is 19.0 Å². The van der Waals surface area contributed by atoms with Crippen LogP contribution < -0.4 is 5.32 Å². The van der Waals surface area contributed by atoms with Crippen molar-refractivity contribution in [1.29, 1.82) is 0 Å². The summed E-state index contributed by atoms with van der Waals surface area (Å²) >= 11 is 0. The first-order valence-electron chi connectivity index (χ1n) is 5.69. The van der Waals surface area contributed by atoms with Crippen LogP contribution in [0.25, 0.3) is 0 Å². The predicted octanol–water partition coefficient (Wildman–Crippen LogP) is -0.901. The molecule has 0 saturated carbocycles. The molecule has 2 fully saturated rings. The molecule has 6 heteroatoms. The Morgan fingerprint density at radius 2 is 1.88 bits per heavy atom. The first-order chi connectivity index (χ1) is 7.49. The molecule has 2 aliphatic rings. The highest BCUT2D eigenvalue weighted by molar-refractivity contribution is 7.91. The van der Waals surface area contributed by atoms with E-state index >= 15 is 0 Å². The van der Waals surface area contributed by atoms with Gasteiger partial charge in [0.1, 0.15) is 0 Å². The van der Waals surface area contributed by atoms with E-state index in [1.54, 1.807) is 4.90 Å². The van der Waals surface area contributed by atoms with Crippen LogP contribution in [0.5, 0.6) is 0 Å². The van der Waals surface area contributed by atoms with E-state index in [0.29, 0.717) is 19.0 Å². The summed E-state index contributed by atoms with van der Waals surface area (Å²) in [4.78, 5) is 13.7. The molecule has 0 bridgehead atoms. The van der Waals surface area contributed by atoms with Gasteiger partial charge in [0.2, 0.25) is 5.91 Å². The third kappa shape index (κ3) is 2.38. The van der Waals surface area contributed by atoms with E-state index in [4.69, 9.17) is 0 Å². The molecule has 2 heterocycles. The van der Waals surface area contributed by atoms with Crippen LogP contribution in [0.4, 0.5) is 0 Å². The van der Waals surface area contributed by atoms with Crippen LogP contribution in [0.1, 0.15) is 6.92 Å². The molecular weight excluding hydrogens is 228 g/mol. The number of rotatable bonds is 2. The number of sulfone groups is 1. The summed E-state index contributed by atoms with van der Waals surface area (Å²) in [6.07, 6.45) is 0. The average Bonchev–Trinajstić information content (AvgIpc) is 2.14. The second-order valence-corrected chi connectivity index (χ2v) is 6.99. The number of carbonyl (C=O) groups excluding carboxylic acids is 1. The Hall–Kier alpha value is -0.620. The first kappa shape index (κ1) is 11.9. The molecule has 16 heavy (non-hydrogen) atoms. The third-order valence-electron chi connectivity index (χ3n) is 3.57. The molecule has 0 aromatic rings. The van der Waals surface area contributed by atoms with Gasteiger partial charge in [0.25, 0.3) is 0 Å². The highest BCUT2D eigenvalue weighted by atomic mass is 32.2. The lowest BCUT2D eigenvalue weighted by molar-refractivity contribution is -0.137. The number of hydrogen-bond acceptors (Lipinski definition) is 4. The lowest BCUT2D eigenvalue weighted by atomic mass is 9.88. The van der Waals surface area contributed by atoms with E-state index < -0.39 is 9.84 Å². The Balaban J connectivity index is 1.90. The molecule has 92 valence electrons. The van der Waals surface area contributed by atoms with Crippen molar-refractivity contribution in [3.8, 4) is 0 Å². The van der Waals surface area contributed by atoms with Crippen LogP contribution in [0.2, 0.25) is 0 Å². The van der Waals surface area contributed by atoms with Crippen molar-refractivity contribution in [2.24, 2.45) is 11.8 Å². The fraction of sp³-hybridized carbons (Fsp3) is 0.900. The Labute approximate surface area is 96.1 Å². The maximum Gasteiger partial charge on any atom is 0.225 e. The summed E-state index contributed by atoms with van der Waals surface area (Å²) in [5.41, 5.74) is 0. The van der Waals surface area contributed by atoms with Gasteiger partial charge in [0.05, 0.1) is 11.5 Å². The maximum absolute atomic E-state index is 12.0. The van der Waals surface area contributed by atoms with Gasteiger partial charge in [-0.2, -0.15) is 0 Å². The van der Waals surface area contributed by atoms with E-state index in [9.17, 15) is 13.2 Å². The molecule has 2 aliphatic heterocycles. The van der Waals surface area contributed by atoms with Gasteiger partial charge in [-0.25, -0.2) is 8.42 Å². The van der Waals surface area contributed by atoms with Gasteiger partial charge in [0, 0.05) is 19.0 Å². The van der Waals surface area contributed by atoms with E-state index in [0.717, 1.165) is 13.1 Å². The number of amides is 1. The van der Waals surface area contributed by atoms with Crippen LogP contribution >= 0.6 is 0 Å². The summed E-state index contributed by atoms with van der Waals surface area (Å²) < 4.78 is 22.5. The van der Waals surface area contributed by atoms with E-state index in [-0.39, 0.29) is 23.3 Å². The predicted molar refractivity (Wildman–Crippen MR) is 60.8 cm³/mol. The molecule has 1 N–H and O–H groups in total. The molecule has 2 saturated heterocycles. The van der Waals surface area contributed by atoms with Crippen molar-refractivity contribution in [2.45, 2.75) is 6.92 Å². The molecule has 0 aliphatic carbocycles. The summed E-state index contributed by atoms with van der Waals surface area (Å²) in [6, 6.07) is 0. The molecule has 0 spiro atoms. The minimum absolute atomic E-state index is 0.0158. The standard InChI is InChI=1S/C10H18N2O3S/c1-8(9-6-11-7-9)10(13)12-2-4-16(14,15)5-3-12/h8-9,11H,2-7H2,1H3. The van der Waals surface area contributed by atoms with Gasteiger partial charge in [0.15, 0.2) is 9.84 Å². The van der Waals surface area contributed by atoms with Crippen LogP contribution in [0, 0.1) is 11.8 Å². The van der Waals surface area contributed by atoms with Gasteiger partial charge in [-0.1, -0.05) is 6.92 Å². The largest absolute Gasteiger partial charge is 0.340 e. The second-order valence-electron chi connectivity index (χ2n) is 4.68. The van der Waals surface area contributed by atoms with Crippen molar-refractivity contribution in [3.63, 3.8) is 0 Å². The zero-order valence-electron chi connectivity index (χ0n) is 9.48. The fourth-order valence-corrected chi connectivity index (χ4v) is 3.29. The van der Waals surface area contributed by atoms with E-state index in [2.05, 4.69) is 5.32 Å². The Morgan fingerprint density at radius 3 is 2.31 bits per heavy atom. The zero-order chi connectivity index (χ0) is 11.8. The Bertz CT molecular complexity index is 362. The fourth-order valence-electron chi connectivity index (χ4n) is 2.09. The van der Waals surface area contributed by atoms with Gasteiger partial charge in [-0.15, -0.1) is 0 Å². The third-order valence-corrected chi connectivity index (χ3v) is 5.17. The topological polar surface area (TPSA) is 66.5 Å². The molecule has 1 unspecified atom stereocenters. The van der Waals surface area contributed by atoms with Crippen LogP contribution in [0.3, 0.4) is 0 Å². The minimum Gasteiger partial charge on any atom is -0.340 e. The van der Waals surface area contributed by atoms with E-state index in [1.807, 2.05) is 6.92 Å². The van der Waals surface area contributed by atoms with Crippen molar-refractivity contribution in [2.75, 3.05) is 37.7 Å². The highest BCUT2D eigenvalue weighted by Gasteiger charge is 2.33. The SMILES string of the molecule is CC(C(=O)N1CCS(=O)(=O)CC1)C1CNC1. The van der Waals surface area contributed by atoms with Crippen LogP contribution in [-0.4, -0.2) is 56.9 Å². The lowest BCUT2D eigenvalue weighted by Gasteiger charge is -2.36. The second kappa shape index (κ2) is 4.33. The molecule has 0 radical (unpaired) electrons. The molecule has 1 amide bonds. The Kier molecular flexibility index (Phi) is 3.21. The molecule has 0 aromatic carbocycles. The van der Waals surface area contributed by atoms with Gasteiger partial charge >= 0.3 is 0 Å². The molecule has 0 aromatic heterocycles. The number of hydrogen-bond donors (Lipinski definition) is 1. The summed E-state index contributed by atoms with van der Waals surface area (Å²) in [5, 5.41) is 3.15. The summed E-state index contributed by atoms with van der Waals surface area (Å²) in [6.45, 7) is 4.48. The summed E-state index contributed by atoms with van der Waals surface area (Å²) in [5.74, 6) is 0.789. The molecule has 1 atom stereocenters. The molecular formula is C10H18N2O3S. The lowest BCUT2D eigenvalue weighted by Crippen LogP contribution is -2.52. The van der Waals surface area contributed by atoms with Crippen molar-refractivity contribution >= 4 is 15.7 Å². The average molecular weight is 246 g/mol. The minimum atomic E-state index is -2.89. The number of nitrogens with zero attached hydrogens (tertiary/aromatic N) is 1. The van der Waals surface area contributed by atoms with Gasteiger partial charge < -0.3 is 10.2 Å². The Morgan fingerprint density at radius 1 is 1.31 bits per heavy atom. The van der Waals surface area contributed by atoms with Crippen molar-refractivity contribution in [1.82, 2.24) is 10.2 Å². The number of nitrogens with one attached hydrogen (secondary N) is 1. The van der Waals surface area contributed by atoms with Crippen molar-refractivity contribution in [3.05, 3.63) is 0 Å². The van der Waals surface area contributed by atoms with Crippen LogP contribution in [0.15, 0.2) is 0 Å². The van der Waals surface area contributed by atoms with Crippen LogP contribution in [-0.2, 0) is 14.6 Å². The normalized spacial score (nSPS) is 27.2. The zero-order valence-corrected chi connectivity index (χ0v) is 10.3. The van der Waals surface area contributed by atoms with Crippen molar-refractivity contribution < 1.29 is 13.2 Å². The quantitative estimate of drug-likeness (QED) is 0.685. The number of carbonyl (C=O) groups is 1. The van der Waals surface area contributed by atoms with Gasteiger partial charge in [-0.3, -0.25) is 4.79 Å².